The molecule has 0 saturated carbocycles. The second kappa shape index (κ2) is 4.42. The standard InChI is InChI=1S/C14H13NO4/c1-2-3-9-6-13(16)15(14(9)17)10-4-5-11-12(7-10)19-8-18-11/h3-5,7H,2,6,8H2,1H3. The van der Waals surface area contributed by atoms with Crippen LogP contribution in [-0.4, -0.2) is 18.6 Å². The summed E-state index contributed by atoms with van der Waals surface area (Å²) in [7, 11) is 0. The number of carbonyl (C=O) groups is 2. The van der Waals surface area contributed by atoms with Gasteiger partial charge in [-0.15, -0.1) is 0 Å². The van der Waals surface area contributed by atoms with Crippen molar-refractivity contribution in [3.05, 3.63) is 29.8 Å². The molecule has 1 aromatic carbocycles. The summed E-state index contributed by atoms with van der Waals surface area (Å²) in [6.45, 7) is 2.11. The fourth-order valence-corrected chi connectivity index (χ4v) is 2.27. The molecule has 2 aliphatic heterocycles. The first-order chi connectivity index (χ1) is 9.20. The smallest absolute Gasteiger partial charge is 0.261 e. The first-order valence-electron chi connectivity index (χ1n) is 6.16. The molecule has 0 aliphatic carbocycles. The molecule has 2 heterocycles. The van der Waals surface area contributed by atoms with Gasteiger partial charge in [0.1, 0.15) is 0 Å². The monoisotopic (exact) mass is 259 g/mol. The number of fused-ring (bicyclic) bond motifs is 1. The minimum absolute atomic E-state index is 0.168. The lowest BCUT2D eigenvalue weighted by Crippen LogP contribution is -2.28. The highest BCUT2D eigenvalue weighted by atomic mass is 16.7. The van der Waals surface area contributed by atoms with E-state index < -0.39 is 0 Å². The van der Waals surface area contributed by atoms with E-state index in [2.05, 4.69) is 0 Å². The van der Waals surface area contributed by atoms with Gasteiger partial charge >= 0.3 is 0 Å². The number of ether oxygens (including phenoxy) is 2. The van der Waals surface area contributed by atoms with Crippen LogP contribution in [-0.2, 0) is 9.59 Å². The van der Waals surface area contributed by atoms with Gasteiger partial charge < -0.3 is 9.47 Å². The number of nitrogens with zero attached hydrogens (tertiary/aromatic N) is 1. The lowest BCUT2D eigenvalue weighted by Gasteiger charge is -2.13. The van der Waals surface area contributed by atoms with E-state index in [1.807, 2.05) is 6.92 Å². The third-order valence-corrected chi connectivity index (χ3v) is 3.13. The van der Waals surface area contributed by atoms with E-state index in [0.29, 0.717) is 22.8 Å². The van der Waals surface area contributed by atoms with E-state index in [0.717, 1.165) is 6.42 Å². The molecule has 1 fully saturated rings. The Morgan fingerprint density at radius 2 is 2.05 bits per heavy atom. The summed E-state index contributed by atoms with van der Waals surface area (Å²) in [6, 6.07) is 5.06. The molecule has 1 saturated heterocycles. The van der Waals surface area contributed by atoms with Crippen LogP contribution in [0.1, 0.15) is 19.8 Å². The van der Waals surface area contributed by atoms with Crippen LogP contribution in [0.4, 0.5) is 5.69 Å². The van der Waals surface area contributed by atoms with Crippen molar-refractivity contribution in [3.8, 4) is 11.5 Å². The molecule has 0 spiro atoms. The summed E-state index contributed by atoms with van der Waals surface area (Å²) in [5.41, 5.74) is 1.09. The highest BCUT2D eigenvalue weighted by Crippen LogP contribution is 2.37. The summed E-state index contributed by atoms with van der Waals surface area (Å²) in [6.07, 6.45) is 2.71. The summed E-state index contributed by atoms with van der Waals surface area (Å²) in [5, 5.41) is 0. The van der Waals surface area contributed by atoms with Crippen molar-refractivity contribution in [2.45, 2.75) is 19.8 Å². The van der Waals surface area contributed by atoms with Gasteiger partial charge in [0.05, 0.1) is 12.1 Å². The molecular formula is C14H13NO4. The fourth-order valence-electron chi connectivity index (χ4n) is 2.27. The molecule has 5 nitrogen and oxygen atoms in total. The Balaban J connectivity index is 1.96. The predicted molar refractivity (Wildman–Crippen MR) is 68.0 cm³/mol. The number of rotatable bonds is 2. The van der Waals surface area contributed by atoms with Gasteiger partial charge in [0, 0.05) is 11.6 Å². The van der Waals surface area contributed by atoms with Crippen LogP contribution in [0, 0.1) is 0 Å². The normalized spacial score (nSPS) is 19.6. The molecule has 3 rings (SSSR count). The highest BCUT2D eigenvalue weighted by Gasteiger charge is 2.35. The van der Waals surface area contributed by atoms with Crippen LogP contribution in [0.15, 0.2) is 29.8 Å². The van der Waals surface area contributed by atoms with Gasteiger partial charge in [-0.2, -0.15) is 0 Å². The number of benzene rings is 1. The zero-order chi connectivity index (χ0) is 13.4. The Labute approximate surface area is 110 Å². The highest BCUT2D eigenvalue weighted by molar-refractivity contribution is 6.28. The lowest BCUT2D eigenvalue weighted by molar-refractivity contribution is -0.120. The Morgan fingerprint density at radius 3 is 2.84 bits per heavy atom. The van der Waals surface area contributed by atoms with Crippen LogP contribution >= 0.6 is 0 Å². The summed E-state index contributed by atoms with van der Waals surface area (Å²) >= 11 is 0. The van der Waals surface area contributed by atoms with Crippen LogP contribution in [0.5, 0.6) is 11.5 Å². The van der Waals surface area contributed by atoms with E-state index in [1.165, 1.54) is 4.90 Å². The molecule has 2 amide bonds. The van der Waals surface area contributed by atoms with Crippen molar-refractivity contribution in [2.24, 2.45) is 0 Å². The van der Waals surface area contributed by atoms with Gasteiger partial charge in [0.25, 0.3) is 5.91 Å². The molecule has 0 unspecified atom stereocenters. The molecule has 2 aliphatic rings. The molecular weight excluding hydrogens is 246 g/mol. The van der Waals surface area contributed by atoms with Crippen molar-refractivity contribution < 1.29 is 19.1 Å². The number of imide groups is 1. The number of amides is 2. The van der Waals surface area contributed by atoms with Crippen LogP contribution in [0.3, 0.4) is 0 Å². The minimum atomic E-state index is -0.245. The Bertz CT molecular complexity index is 591. The lowest BCUT2D eigenvalue weighted by atomic mass is 10.2. The van der Waals surface area contributed by atoms with Gasteiger partial charge in [-0.1, -0.05) is 13.0 Å². The molecule has 1 aromatic rings. The average molecular weight is 259 g/mol. The number of hydrogen-bond donors (Lipinski definition) is 0. The third-order valence-electron chi connectivity index (χ3n) is 3.13. The molecule has 0 aromatic heterocycles. The van der Waals surface area contributed by atoms with Gasteiger partial charge in [0.15, 0.2) is 11.5 Å². The summed E-state index contributed by atoms with van der Waals surface area (Å²) in [5.74, 6) is 0.743. The molecule has 0 bridgehead atoms. The SMILES string of the molecule is CCC=C1CC(=O)N(c2ccc3c(c2)OCO3)C1=O. The molecule has 0 radical (unpaired) electrons. The van der Waals surface area contributed by atoms with E-state index in [-0.39, 0.29) is 25.0 Å². The average Bonchev–Trinajstić information content (AvgIpc) is 2.95. The molecule has 19 heavy (non-hydrogen) atoms. The fraction of sp³-hybridized carbons (Fsp3) is 0.286. The van der Waals surface area contributed by atoms with Crippen molar-refractivity contribution in [2.75, 3.05) is 11.7 Å². The van der Waals surface area contributed by atoms with Crippen molar-refractivity contribution in [3.63, 3.8) is 0 Å². The first-order valence-corrected chi connectivity index (χ1v) is 6.16. The number of anilines is 1. The third kappa shape index (κ3) is 1.87. The number of carbonyl (C=O) groups excluding carboxylic acids is 2. The van der Waals surface area contributed by atoms with Gasteiger partial charge in [0.2, 0.25) is 12.7 Å². The number of allylic oxidation sites excluding steroid dienone is 1. The zero-order valence-electron chi connectivity index (χ0n) is 10.5. The van der Waals surface area contributed by atoms with E-state index in [9.17, 15) is 9.59 Å². The van der Waals surface area contributed by atoms with Gasteiger partial charge in [-0.25, -0.2) is 4.90 Å². The van der Waals surface area contributed by atoms with E-state index in [1.54, 1.807) is 24.3 Å². The van der Waals surface area contributed by atoms with Crippen LogP contribution in [0.25, 0.3) is 0 Å². The maximum atomic E-state index is 12.2. The van der Waals surface area contributed by atoms with Gasteiger partial charge in [-0.3, -0.25) is 9.59 Å². The van der Waals surface area contributed by atoms with Crippen LogP contribution < -0.4 is 14.4 Å². The Kier molecular flexibility index (Phi) is 2.74. The predicted octanol–water partition coefficient (Wildman–Crippen LogP) is 2.01. The largest absolute Gasteiger partial charge is 0.454 e. The second-order valence-electron chi connectivity index (χ2n) is 4.39. The van der Waals surface area contributed by atoms with Gasteiger partial charge in [-0.05, 0) is 18.6 Å². The quantitative estimate of drug-likeness (QED) is 0.602. The van der Waals surface area contributed by atoms with Crippen LogP contribution in [0.2, 0.25) is 0 Å². The number of hydrogen-bond acceptors (Lipinski definition) is 4. The van der Waals surface area contributed by atoms with E-state index in [4.69, 9.17) is 9.47 Å². The minimum Gasteiger partial charge on any atom is -0.454 e. The zero-order valence-corrected chi connectivity index (χ0v) is 10.5. The van der Waals surface area contributed by atoms with Crippen molar-refractivity contribution >= 4 is 17.5 Å². The molecule has 0 atom stereocenters. The summed E-state index contributed by atoms with van der Waals surface area (Å²) in [4.78, 5) is 25.3. The Hall–Kier alpha value is -2.30. The summed E-state index contributed by atoms with van der Waals surface area (Å²) < 4.78 is 10.5. The van der Waals surface area contributed by atoms with Crippen molar-refractivity contribution in [1.29, 1.82) is 0 Å². The first kappa shape index (κ1) is 11.8. The molecule has 0 N–H and O–H groups in total. The maximum absolute atomic E-state index is 12.2. The Morgan fingerprint density at radius 1 is 1.26 bits per heavy atom. The second-order valence-corrected chi connectivity index (χ2v) is 4.39. The van der Waals surface area contributed by atoms with E-state index >= 15 is 0 Å². The maximum Gasteiger partial charge on any atom is 0.261 e. The van der Waals surface area contributed by atoms with Crippen molar-refractivity contribution in [1.82, 2.24) is 0 Å². The topological polar surface area (TPSA) is 55.8 Å². The molecule has 98 valence electrons. The molecule has 5 heteroatoms.